The molecule has 1 aromatic carbocycles. The molecule has 24 heavy (non-hydrogen) atoms. The molecule has 2 heterocycles. The topological polar surface area (TPSA) is 179 Å². The van der Waals surface area contributed by atoms with E-state index in [0.717, 1.165) is 11.1 Å². The van der Waals surface area contributed by atoms with Gasteiger partial charge in [-0.1, -0.05) is 12.1 Å². The van der Waals surface area contributed by atoms with Crippen LogP contribution in [0.4, 0.5) is 22.2 Å². The highest BCUT2D eigenvalue weighted by Crippen LogP contribution is 2.31. The minimum atomic E-state index is -0.807. The van der Waals surface area contributed by atoms with Crippen LogP contribution in [0.25, 0.3) is 22.0 Å². The van der Waals surface area contributed by atoms with E-state index in [1.807, 2.05) is 0 Å². The number of primary amides is 2. The number of nitrogens with two attached hydrogens (primary N) is 4. The molecule has 0 saturated carbocycles. The zero-order valence-corrected chi connectivity index (χ0v) is 12.5. The summed E-state index contributed by atoms with van der Waals surface area (Å²) in [4.78, 5) is 29.6. The summed E-state index contributed by atoms with van der Waals surface area (Å²) in [5.41, 5.74) is 24.2. The lowest BCUT2D eigenvalue weighted by molar-refractivity contribution is 0.100. The third-order valence-corrected chi connectivity index (χ3v) is 3.49. The summed E-state index contributed by atoms with van der Waals surface area (Å²) in [5, 5.41) is 2.91. The zero-order valence-electron chi connectivity index (χ0n) is 12.5. The van der Waals surface area contributed by atoms with Gasteiger partial charge in [0.05, 0.1) is 5.56 Å². The van der Waals surface area contributed by atoms with E-state index in [9.17, 15) is 9.59 Å². The maximum absolute atomic E-state index is 11.7. The molecule has 0 radical (unpaired) electrons. The summed E-state index contributed by atoms with van der Waals surface area (Å²) in [6, 6.07) is 7.82. The molecule has 0 aliphatic heterocycles. The predicted molar refractivity (Wildman–Crippen MR) is 92.1 cm³/mol. The van der Waals surface area contributed by atoms with Crippen LogP contribution in [0.15, 0.2) is 30.3 Å². The number of rotatable bonds is 3. The van der Waals surface area contributed by atoms with Crippen molar-refractivity contribution in [3.05, 3.63) is 35.9 Å². The number of fused-ring (bicyclic) bond motifs is 1. The van der Waals surface area contributed by atoms with E-state index in [4.69, 9.17) is 22.9 Å². The quantitative estimate of drug-likeness (QED) is 0.419. The third kappa shape index (κ3) is 2.65. The van der Waals surface area contributed by atoms with Crippen LogP contribution in [0.5, 0.6) is 0 Å². The molecule has 122 valence electrons. The molecular formula is C15H15N7O2. The van der Waals surface area contributed by atoms with E-state index in [-0.39, 0.29) is 11.4 Å². The van der Waals surface area contributed by atoms with Gasteiger partial charge in [0.2, 0.25) is 0 Å². The Morgan fingerprint density at radius 3 is 2.25 bits per heavy atom. The number of hydrogen-bond acceptors (Lipinski definition) is 5. The summed E-state index contributed by atoms with van der Waals surface area (Å²) in [6.45, 7) is 0. The Hall–Kier alpha value is -3.75. The SMILES string of the molecule is NC(=O)Nc1[nH]c2cc(-c3cc(N)nc(N)c3)ccc2c1C(N)=O. The predicted octanol–water partition coefficient (Wildman–Crippen LogP) is 0.984. The Labute approximate surface area is 136 Å². The van der Waals surface area contributed by atoms with Gasteiger partial charge >= 0.3 is 6.03 Å². The monoisotopic (exact) mass is 325 g/mol. The molecule has 3 rings (SSSR count). The lowest BCUT2D eigenvalue weighted by Gasteiger charge is -2.05. The maximum atomic E-state index is 11.7. The van der Waals surface area contributed by atoms with Gasteiger partial charge in [-0.3, -0.25) is 10.1 Å². The number of urea groups is 1. The molecule has 10 N–H and O–H groups in total. The number of benzene rings is 1. The highest BCUT2D eigenvalue weighted by atomic mass is 16.2. The number of nitrogens with zero attached hydrogens (tertiary/aromatic N) is 1. The Morgan fingerprint density at radius 2 is 1.67 bits per heavy atom. The average molecular weight is 325 g/mol. The molecule has 2 aromatic heterocycles. The van der Waals surface area contributed by atoms with Crippen LogP contribution in [0, 0.1) is 0 Å². The molecule has 0 aliphatic carbocycles. The van der Waals surface area contributed by atoms with Crippen molar-refractivity contribution in [2.24, 2.45) is 11.5 Å². The molecule has 0 fully saturated rings. The van der Waals surface area contributed by atoms with E-state index in [0.29, 0.717) is 22.5 Å². The summed E-state index contributed by atoms with van der Waals surface area (Å²) in [5.74, 6) is 0.0574. The first-order chi connectivity index (χ1) is 11.3. The number of carbonyl (C=O) groups excluding carboxylic acids is 2. The fraction of sp³-hybridized carbons (Fsp3) is 0. The third-order valence-electron chi connectivity index (χ3n) is 3.49. The number of carbonyl (C=O) groups is 2. The lowest BCUT2D eigenvalue weighted by Crippen LogP contribution is -2.22. The van der Waals surface area contributed by atoms with Crippen LogP contribution < -0.4 is 28.3 Å². The Morgan fingerprint density at radius 1 is 1.00 bits per heavy atom. The van der Waals surface area contributed by atoms with Crippen molar-refractivity contribution < 1.29 is 9.59 Å². The summed E-state index contributed by atoms with van der Waals surface area (Å²) >= 11 is 0. The van der Waals surface area contributed by atoms with Crippen molar-refractivity contribution in [3.8, 4) is 11.1 Å². The van der Waals surface area contributed by atoms with Crippen molar-refractivity contribution in [3.63, 3.8) is 0 Å². The second kappa shape index (κ2) is 5.47. The highest BCUT2D eigenvalue weighted by molar-refractivity contribution is 6.13. The largest absolute Gasteiger partial charge is 0.384 e. The Bertz CT molecular complexity index is 957. The van der Waals surface area contributed by atoms with E-state index in [1.165, 1.54) is 0 Å². The van der Waals surface area contributed by atoms with Gasteiger partial charge in [-0.25, -0.2) is 9.78 Å². The lowest BCUT2D eigenvalue weighted by atomic mass is 10.0. The first-order valence-corrected chi connectivity index (χ1v) is 6.90. The summed E-state index contributed by atoms with van der Waals surface area (Å²) in [6.07, 6.45) is 0. The molecule has 9 heteroatoms. The number of pyridine rings is 1. The van der Waals surface area contributed by atoms with Crippen LogP contribution in [0.3, 0.4) is 0 Å². The normalized spacial score (nSPS) is 10.7. The number of nitrogens with one attached hydrogen (secondary N) is 2. The maximum Gasteiger partial charge on any atom is 0.317 e. The minimum absolute atomic E-state index is 0.149. The standard InChI is InChI=1S/C15H15N7O2/c16-10-4-7(5-11(17)21-10)6-1-2-8-9(3-6)20-14(22-15(19)24)12(8)13(18)23/h1-5,20H,(H2,18,23)(H4,16,17,21)(H3,19,22,24). The van der Waals surface area contributed by atoms with Gasteiger partial charge < -0.3 is 27.9 Å². The second-order valence-electron chi connectivity index (χ2n) is 5.19. The van der Waals surface area contributed by atoms with Crippen molar-refractivity contribution >= 4 is 40.3 Å². The molecule has 3 amide bonds. The van der Waals surface area contributed by atoms with Crippen LogP contribution in [-0.4, -0.2) is 21.9 Å². The van der Waals surface area contributed by atoms with Crippen LogP contribution >= 0.6 is 0 Å². The fourth-order valence-corrected chi connectivity index (χ4v) is 2.59. The zero-order chi connectivity index (χ0) is 17.4. The number of aromatic nitrogens is 2. The number of H-pyrrole nitrogens is 1. The van der Waals surface area contributed by atoms with Crippen molar-refractivity contribution in [2.75, 3.05) is 16.8 Å². The van der Waals surface area contributed by atoms with E-state index < -0.39 is 11.9 Å². The van der Waals surface area contributed by atoms with Gasteiger partial charge in [0, 0.05) is 10.9 Å². The molecule has 0 bridgehead atoms. The Balaban J connectivity index is 2.18. The summed E-state index contributed by atoms with van der Waals surface area (Å²) in [7, 11) is 0. The molecular weight excluding hydrogens is 310 g/mol. The van der Waals surface area contributed by atoms with Gasteiger partial charge in [-0.2, -0.15) is 0 Å². The van der Waals surface area contributed by atoms with Crippen LogP contribution in [-0.2, 0) is 0 Å². The molecule has 0 unspecified atom stereocenters. The van der Waals surface area contributed by atoms with Crippen LogP contribution in [0.2, 0.25) is 0 Å². The fourth-order valence-electron chi connectivity index (χ4n) is 2.59. The van der Waals surface area contributed by atoms with Gasteiger partial charge in [-0.15, -0.1) is 0 Å². The molecule has 0 aliphatic rings. The van der Waals surface area contributed by atoms with Gasteiger partial charge in [-0.05, 0) is 29.3 Å². The van der Waals surface area contributed by atoms with Crippen molar-refractivity contribution in [1.29, 1.82) is 0 Å². The van der Waals surface area contributed by atoms with Gasteiger partial charge in [0.25, 0.3) is 5.91 Å². The Kier molecular flexibility index (Phi) is 3.45. The van der Waals surface area contributed by atoms with E-state index >= 15 is 0 Å². The molecule has 3 aromatic rings. The first kappa shape index (κ1) is 15.2. The number of anilines is 3. The van der Waals surface area contributed by atoms with Crippen molar-refractivity contribution in [2.45, 2.75) is 0 Å². The highest BCUT2D eigenvalue weighted by Gasteiger charge is 2.18. The van der Waals surface area contributed by atoms with Gasteiger partial charge in [0.15, 0.2) is 0 Å². The van der Waals surface area contributed by atoms with E-state index in [2.05, 4.69) is 15.3 Å². The van der Waals surface area contributed by atoms with E-state index in [1.54, 1.807) is 30.3 Å². The second-order valence-corrected chi connectivity index (χ2v) is 5.19. The number of amides is 3. The van der Waals surface area contributed by atoms with Gasteiger partial charge in [0.1, 0.15) is 17.5 Å². The molecule has 9 nitrogen and oxygen atoms in total. The first-order valence-electron chi connectivity index (χ1n) is 6.90. The molecule has 0 atom stereocenters. The molecule has 0 saturated heterocycles. The van der Waals surface area contributed by atoms with Crippen LogP contribution in [0.1, 0.15) is 10.4 Å². The number of hydrogen-bond donors (Lipinski definition) is 6. The summed E-state index contributed by atoms with van der Waals surface area (Å²) < 4.78 is 0. The minimum Gasteiger partial charge on any atom is -0.384 e. The smallest absolute Gasteiger partial charge is 0.317 e. The average Bonchev–Trinajstić information content (AvgIpc) is 2.82. The van der Waals surface area contributed by atoms with Crippen molar-refractivity contribution in [1.82, 2.24) is 9.97 Å². The number of aromatic amines is 1. The number of nitrogen functional groups attached to an aromatic ring is 2. The molecule has 0 spiro atoms.